The Hall–Kier alpha value is -5.80. The zero-order valence-corrected chi connectivity index (χ0v) is 40.3. The lowest BCUT2D eigenvalue weighted by Crippen LogP contribution is -2.62. The van der Waals surface area contributed by atoms with E-state index < -0.39 is 0 Å². The summed E-state index contributed by atoms with van der Waals surface area (Å²) in [6, 6.07) is 52.9. The Kier molecular flexibility index (Phi) is 9.92. The molecule has 0 unspecified atom stereocenters. The number of rotatable bonds is 9. The van der Waals surface area contributed by atoms with Crippen molar-refractivity contribution in [1.29, 1.82) is 0 Å². The van der Waals surface area contributed by atoms with E-state index in [0.29, 0.717) is 0 Å². The van der Waals surface area contributed by atoms with E-state index in [1.165, 1.54) is 150 Å². The van der Waals surface area contributed by atoms with Gasteiger partial charge in [0.25, 0.3) is 0 Å². The van der Waals surface area contributed by atoms with Gasteiger partial charge in [-0.2, -0.15) is 0 Å². The zero-order chi connectivity index (χ0) is 45.0. The van der Waals surface area contributed by atoms with E-state index in [1.54, 1.807) is 0 Å². The van der Waals surface area contributed by atoms with Crippen molar-refractivity contribution >= 4 is 46.2 Å². The maximum Gasteiger partial charge on any atom is 0.333 e. The van der Waals surface area contributed by atoms with Crippen LogP contribution < -0.4 is 20.6 Å². The van der Waals surface area contributed by atoms with E-state index in [9.17, 15) is 0 Å². The predicted molar refractivity (Wildman–Crippen MR) is 280 cm³/mol. The second-order valence-corrected chi connectivity index (χ2v) is 21.8. The van der Waals surface area contributed by atoms with Crippen LogP contribution in [-0.4, -0.2) is 6.85 Å². The molecular weight excluding hydrogens is 784 g/mol. The third-order valence-corrected chi connectivity index (χ3v) is 16.1. The Bertz CT molecular complexity index is 3010. The highest BCUT2D eigenvalue weighted by molar-refractivity contribution is 6.93. The number of hydrogen-bond acceptors (Lipinski definition) is 2. The van der Waals surface area contributed by atoms with Gasteiger partial charge in [0.15, 0.2) is 0 Å². The molecule has 2 aliphatic carbocycles. The van der Waals surface area contributed by atoms with Crippen molar-refractivity contribution in [2.45, 2.75) is 130 Å². The molecule has 0 aromatic heterocycles. The maximum absolute atomic E-state index is 2.76. The summed E-state index contributed by atoms with van der Waals surface area (Å²) >= 11 is 0. The smallest absolute Gasteiger partial charge is 0.333 e. The molecule has 65 heavy (non-hydrogen) atoms. The van der Waals surface area contributed by atoms with Crippen LogP contribution >= 0.6 is 0 Å². The highest BCUT2D eigenvalue weighted by Crippen LogP contribution is 2.56. The molecule has 0 fully saturated rings. The molecular formula is C62H65BN2. The molecule has 0 saturated heterocycles. The molecule has 7 aromatic rings. The molecule has 11 rings (SSSR count). The molecule has 0 atom stereocenters. The molecule has 0 N–H and O–H groups in total. The molecule has 326 valence electrons. The Morgan fingerprint density at radius 1 is 0.492 bits per heavy atom. The number of anilines is 5. The monoisotopic (exact) mass is 849 g/mol. The van der Waals surface area contributed by atoms with Crippen molar-refractivity contribution in [1.82, 2.24) is 0 Å². The number of fused-ring (bicyclic) bond motifs is 8. The maximum atomic E-state index is 2.76. The van der Waals surface area contributed by atoms with Gasteiger partial charge in [-0.05, 0) is 177 Å². The van der Waals surface area contributed by atoms with Gasteiger partial charge in [-0.1, -0.05) is 153 Å². The highest BCUT2D eigenvalue weighted by atomic mass is 15.2. The van der Waals surface area contributed by atoms with Crippen LogP contribution in [0.5, 0.6) is 0 Å². The van der Waals surface area contributed by atoms with Crippen LogP contribution in [0.2, 0.25) is 0 Å². The van der Waals surface area contributed by atoms with Gasteiger partial charge in [0.05, 0.1) is 5.69 Å². The van der Waals surface area contributed by atoms with Crippen LogP contribution in [0.1, 0.15) is 133 Å². The van der Waals surface area contributed by atoms with E-state index in [4.69, 9.17) is 0 Å². The minimum Gasteiger partial charge on any atom is -0.376 e. The lowest BCUT2D eigenvalue weighted by atomic mass is 9.43. The fraction of sp³-hybridized carbons (Fsp3) is 0.323. The number of unbranched alkanes of at least 4 members (excludes halogenated alkanes) is 2. The van der Waals surface area contributed by atoms with E-state index in [0.717, 1.165) is 12.8 Å². The fourth-order valence-electron chi connectivity index (χ4n) is 12.3. The van der Waals surface area contributed by atoms with E-state index in [2.05, 4.69) is 205 Å². The lowest BCUT2D eigenvalue weighted by molar-refractivity contribution is 0.332. The Morgan fingerprint density at radius 2 is 1.14 bits per heavy atom. The fourth-order valence-corrected chi connectivity index (χ4v) is 12.3. The quantitative estimate of drug-likeness (QED) is 0.134. The first-order valence-corrected chi connectivity index (χ1v) is 24.8. The van der Waals surface area contributed by atoms with E-state index in [-0.39, 0.29) is 23.1 Å². The third-order valence-electron chi connectivity index (χ3n) is 16.1. The minimum absolute atomic E-state index is 0.0521. The molecule has 3 heteroatoms. The highest BCUT2D eigenvalue weighted by Gasteiger charge is 2.49. The molecule has 2 heterocycles. The number of aryl methyl sites for hydroxylation is 3. The van der Waals surface area contributed by atoms with Crippen molar-refractivity contribution in [3.8, 4) is 33.4 Å². The van der Waals surface area contributed by atoms with Crippen molar-refractivity contribution in [3.63, 3.8) is 0 Å². The SMILES string of the molecule is CCCCc1ccc(N2B3c4cc5c(cc4N(c4ccc(CCCC)cc4-c4ccccc4)c4cc(C)cc(c43)-c3cc4c(cc32)C(C)(C)CCC4(C)C)C(C)(C)c2ccccc2-5)cc1. The van der Waals surface area contributed by atoms with Crippen LogP contribution in [0, 0.1) is 6.92 Å². The second kappa shape index (κ2) is 15.4. The van der Waals surface area contributed by atoms with Crippen LogP contribution in [0.4, 0.5) is 28.4 Å². The number of nitrogens with zero attached hydrogens (tertiary/aromatic N) is 2. The van der Waals surface area contributed by atoms with Gasteiger partial charge in [-0.3, -0.25) is 0 Å². The van der Waals surface area contributed by atoms with Crippen molar-refractivity contribution in [3.05, 3.63) is 172 Å². The second-order valence-electron chi connectivity index (χ2n) is 21.8. The lowest BCUT2D eigenvalue weighted by Gasteiger charge is -2.48. The van der Waals surface area contributed by atoms with Gasteiger partial charge in [0, 0.05) is 39.3 Å². The first-order valence-electron chi connectivity index (χ1n) is 24.8. The average Bonchev–Trinajstić information content (AvgIpc) is 3.53. The van der Waals surface area contributed by atoms with Crippen LogP contribution in [0.3, 0.4) is 0 Å². The average molecular weight is 849 g/mol. The Balaban J connectivity index is 1.26. The topological polar surface area (TPSA) is 6.48 Å². The van der Waals surface area contributed by atoms with Gasteiger partial charge >= 0.3 is 6.85 Å². The van der Waals surface area contributed by atoms with Gasteiger partial charge in [0.2, 0.25) is 0 Å². The van der Waals surface area contributed by atoms with E-state index in [1.807, 2.05) is 0 Å². The molecule has 0 saturated carbocycles. The van der Waals surface area contributed by atoms with E-state index >= 15 is 0 Å². The first kappa shape index (κ1) is 41.9. The zero-order valence-electron chi connectivity index (χ0n) is 40.3. The molecule has 0 bridgehead atoms. The Morgan fingerprint density at radius 3 is 1.86 bits per heavy atom. The summed E-state index contributed by atoms with van der Waals surface area (Å²) in [5.74, 6) is 0. The summed E-state index contributed by atoms with van der Waals surface area (Å²) in [5, 5.41) is 0. The van der Waals surface area contributed by atoms with Gasteiger partial charge in [-0.25, -0.2) is 0 Å². The molecule has 4 aliphatic rings. The largest absolute Gasteiger partial charge is 0.376 e. The van der Waals surface area contributed by atoms with Crippen LogP contribution in [-0.2, 0) is 29.1 Å². The number of benzene rings is 7. The first-order chi connectivity index (χ1) is 31.3. The molecule has 7 aromatic carbocycles. The summed E-state index contributed by atoms with van der Waals surface area (Å²) in [6.07, 6.45) is 9.32. The normalized spacial score (nSPS) is 16.6. The minimum atomic E-state index is -0.151. The van der Waals surface area contributed by atoms with Crippen LogP contribution in [0.25, 0.3) is 33.4 Å². The summed E-state index contributed by atoms with van der Waals surface area (Å²) in [5.41, 5.74) is 27.1. The summed E-state index contributed by atoms with van der Waals surface area (Å²) in [4.78, 5) is 5.45. The Labute approximate surface area is 389 Å². The van der Waals surface area contributed by atoms with Crippen molar-refractivity contribution in [2.75, 3.05) is 9.71 Å². The summed E-state index contributed by atoms with van der Waals surface area (Å²) < 4.78 is 0. The van der Waals surface area contributed by atoms with Crippen molar-refractivity contribution < 1.29 is 0 Å². The molecule has 0 radical (unpaired) electrons. The van der Waals surface area contributed by atoms with Gasteiger partial charge < -0.3 is 9.71 Å². The standard InChI is InChI=1S/C62H65BN2/c1-10-12-19-41-25-28-44(29-26-41)65-56-39-53-52(60(4,5)31-32-61(53,6)7)36-48(56)49-33-40(3)34-58-59(49)63(65)54-37-47-45-23-17-18-24-50(45)62(8,9)51(47)38-57(54)64(58)55-30-27-42(20-13-11-2)35-46(55)43-21-15-14-16-22-43/h14-18,21-30,33-39H,10-13,19-20,31-32H2,1-9H3. The third kappa shape index (κ3) is 6.58. The van der Waals surface area contributed by atoms with Crippen LogP contribution in [0.15, 0.2) is 133 Å². The summed E-state index contributed by atoms with van der Waals surface area (Å²) in [6.45, 7) is 21.6. The molecule has 2 aliphatic heterocycles. The predicted octanol–water partition coefficient (Wildman–Crippen LogP) is 15.7. The van der Waals surface area contributed by atoms with Gasteiger partial charge in [-0.15, -0.1) is 0 Å². The molecule has 0 spiro atoms. The van der Waals surface area contributed by atoms with Crippen molar-refractivity contribution in [2.24, 2.45) is 0 Å². The summed E-state index contributed by atoms with van der Waals surface area (Å²) in [7, 11) is 0. The van der Waals surface area contributed by atoms with Gasteiger partial charge in [0.1, 0.15) is 0 Å². The molecule has 2 nitrogen and oxygen atoms in total. The molecule has 0 amide bonds. The number of hydrogen-bond donors (Lipinski definition) is 0.